The van der Waals surface area contributed by atoms with Crippen LogP contribution < -0.4 is 5.32 Å². The molecule has 1 aliphatic rings. The summed E-state index contributed by atoms with van der Waals surface area (Å²) in [6, 6.07) is 17.6. The van der Waals surface area contributed by atoms with Crippen LogP contribution in [0.25, 0.3) is 5.69 Å². The fourth-order valence-electron chi connectivity index (χ4n) is 3.43. The van der Waals surface area contributed by atoms with Crippen LogP contribution in [0.5, 0.6) is 0 Å². The van der Waals surface area contributed by atoms with E-state index in [1.807, 2.05) is 48.4 Å². The van der Waals surface area contributed by atoms with Crippen LogP contribution in [-0.2, 0) is 6.54 Å². The first-order chi connectivity index (χ1) is 12.5. The Bertz CT molecular complexity index is 979. The topological polar surface area (TPSA) is 37.3 Å². The first-order valence-electron chi connectivity index (χ1n) is 8.64. The van der Waals surface area contributed by atoms with Gasteiger partial charge in [0.1, 0.15) is 0 Å². The molecule has 0 unspecified atom stereocenters. The van der Waals surface area contributed by atoms with Crippen LogP contribution in [0, 0.1) is 6.92 Å². The number of carbonyl (C=O) groups is 1. The summed E-state index contributed by atoms with van der Waals surface area (Å²) in [6.07, 6.45) is 2.05. The third-order valence-corrected chi connectivity index (χ3v) is 5.36. The number of carbonyl (C=O) groups excluding carboxylic acids is 1. The molecular weight excluding hydrogens is 346 g/mol. The number of para-hydroxylation sites is 1. The molecule has 2 amide bonds. The van der Waals surface area contributed by atoms with E-state index in [-0.39, 0.29) is 12.1 Å². The summed E-state index contributed by atoms with van der Waals surface area (Å²) in [6.45, 7) is 4.54. The molecule has 2 heterocycles. The van der Waals surface area contributed by atoms with Gasteiger partial charge in [-0.1, -0.05) is 35.9 Å². The van der Waals surface area contributed by atoms with Gasteiger partial charge in [-0.25, -0.2) is 4.79 Å². The quantitative estimate of drug-likeness (QED) is 0.603. The Morgan fingerprint density at radius 1 is 1.15 bits per heavy atom. The highest BCUT2D eigenvalue weighted by molar-refractivity contribution is 6.31. The van der Waals surface area contributed by atoms with Crippen LogP contribution >= 0.6 is 11.6 Å². The van der Waals surface area contributed by atoms with Gasteiger partial charge in [-0.15, -0.1) is 0 Å². The van der Waals surface area contributed by atoms with Crippen molar-refractivity contribution in [1.29, 1.82) is 0 Å². The van der Waals surface area contributed by atoms with Gasteiger partial charge < -0.3 is 14.8 Å². The van der Waals surface area contributed by atoms with Gasteiger partial charge in [0, 0.05) is 22.6 Å². The van der Waals surface area contributed by atoms with Gasteiger partial charge in [-0.05, 0) is 55.3 Å². The Hall–Kier alpha value is -2.72. The number of aryl methyl sites for hydroxylation is 1. The number of hydrogen-bond acceptors (Lipinski definition) is 1. The lowest BCUT2D eigenvalue weighted by atomic mass is 10.1. The number of nitrogens with one attached hydrogen (secondary N) is 1. The monoisotopic (exact) mass is 365 g/mol. The standard InChI is InChI=1S/C21H20ClN3O/c1-14-9-10-17(12-18(14)22)23-21(26)25-13-16-6-3-4-7-20(16)24-11-5-8-19(24)15(25)2/h3-12,15H,13H2,1-2H3,(H,23,26)/t15-/m0/s1. The fourth-order valence-corrected chi connectivity index (χ4v) is 3.61. The Labute approximate surface area is 158 Å². The predicted molar refractivity (Wildman–Crippen MR) is 105 cm³/mol. The van der Waals surface area contributed by atoms with Gasteiger partial charge in [-0.3, -0.25) is 0 Å². The molecule has 3 aromatic rings. The summed E-state index contributed by atoms with van der Waals surface area (Å²) in [4.78, 5) is 14.9. The minimum atomic E-state index is -0.137. The molecule has 0 spiro atoms. The molecule has 0 bridgehead atoms. The van der Waals surface area contributed by atoms with Crippen LogP contribution in [-0.4, -0.2) is 15.5 Å². The second-order valence-electron chi connectivity index (χ2n) is 6.63. The maximum atomic E-state index is 13.0. The summed E-state index contributed by atoms with van der Waals surface area (Å²) in [5, 5.41) is 3.63. The molecule has 4 nitrogen and oxygen atoms in total. The van der Waals surface area contributed by atoms with Crippen LogP contribution in [0.3, 0.4) is 0 Å². The molecule has 1 aliphatic heterocycles. The maximum absolute atomic E-state index is 13.0. The summed E-state index contributed by atoms with van der Waals surface area (Å²) in [5.74, 6) is 0. The SMILES string of the molecule is Cc1ccc(NC(=O)N2Cc3ccccc3-n3cccc3[C@@H]2C)cc1Cl. The Balaban J connectivity index is 1.68. The van der Waals surface area contributed by atoms with E-state index in [9.17, 15) is 4.79 Å². The minimum Gasteiger partial charge on any atom is -0.318 e. The number of amides is 2. The van der Waals surface area contributed by atoms with E-state index in [2.05, 4.69) is 35.0 Å². The minimum absolute atomic E-state index is 0.0571. The van der Waals surface area contributed by atoms with Crippen molar-refractivity contribution in [2.75, 3.05) is 5.32 Å². The maximum Gasteiger partial charge on any atom is 0.322 e. The number of halogens is 1. The highest BCUT2D eigenvalue weighted by atomic mass is 35.5. The Morgan fingerprint density at radius 3 is 2.77 bits per heavy atom. The summed E-state index contributed by atoms with van der Waals surface area (Å²) in [7, 11) is 0. The molecule has 2 aromatic carbocycles. The number of urea groups is 1. The predicted octanol–water partition coefficient (Wildman–Crippen LogP) is 5.55. The smallest absolute Gasteiger partial charge is 0.318 e. The average Bonchev–Trinajstić information content (AvgIpc) is 3.08. The molecule has 0 saturated carbocycles. The molecule has 26 heavy (non-hydrogen) atoms. The fraction of sp³-hybridized carbons (Fsp3) is 0.190. The first-order valence-corrected chi connectivity index (χ1v) is 9.01. The Morgan fingerprint density at radius 2 is 1.96 bits per heavy atom. The third kappa shape index (κ3) is 2.86. The van der Waals surface area contributed by atoms with E-state index in [0.29, 0.717) is 17.3 Å². The normalized spacial score (nSPS) is 15.8. The lowest BCUT2D eigenvalue weighted by molar-refractivity contribution is 0.189. The summed E-state index contributed by atoms with van der Waals surface area (Å²) in [5.41, 5.74) is 5.01. The van der Waals surface area contributed by atoms with Gasteiger partial charge in [-0.2, -0.15) is 0 Å². The zero-order chi connectivity index (χ0) is 18.3. The largest absolute Gasteiger partial charge is 0.322 e. The molecule has 4 rings (SSSR count). The van der Waals surface area contributed by atoms with E-state index in [4.69, 9.17) is 11.6 Å². The number of benzene rings is 2. The van der Waals surface area contributed by atoms with Gasteiger partial charge in [0.15, 0.2) is 0 Å². The summed E-state index contributed by atoms with van der Waals surface area (Å²) < 4.78 is 2.16. The molecule has 1 aromatic heterocycles. The summed E-state index contributed by atoms with van der Waals surface area (Å²) >= 11 is 6.19. The first kappa shape index (κ1) is 16.7. The number of fused-ring (bicyclic) bond motifs is 3. The second kappa shape index (κ2) is 6.54. The van der Waals surface area contributed by atoms with Crippen molar-refractivity contribution in [1.82, 2.24) is 9.47 Å². The number of rotatable bonds is 1. The van der Waals surface area contributed by atoms with Gasteiger partial charge in [0.05, 0.1) is 18.3 Å². The van der Waals surface area contributed by atoms with E-state index in [1.54, 1.807) is 6.07 Å². The molecule has 5 heteroatoms. The van der Waals surface area contributed by atoms with Crippen molar-refractivity contribution >= 4 is 23.3 Å². The van der Waals surface area contributed by atoms with Crippen LogP contribution in [0.1, 0.15) is 29.8 Å². The molecule has 0 radical (unpaired) electrons. The molecule has 132 valence electrons. The lowest BCUT2D eigenvalue weighted by Gasteiger charge is -2.27. The van der Waals surface area contributed by atoms with E-state index < -0.39 is 0 Å². The van der Waals surface area contributed by atoms with Crippen LogP contribution in [0.2, 0.25) is 5.02 Å². The Kier molecular flexibility index (Phi) is 4.21. The van der Waals surface area contributed by atoms with Crippen molar-refractivity contribution in [3.05, 3.63) is 82.6 Å². The average molecular weight is 366 g/mol. The zero-order valence-corrected chi connectivity index (χ0v) is 15.5. The van der Waals surface area contributed by atoms with Gasteiger partial charge >= 0.3 is 6.03 Å². The molecule has 0 saturated heterocycles. The van der Waals surface area contributed by atoms with Crippen molar-refractivity contribution in [2.24, 2.45) is 0 Å². The number of anilines is 1. The molecule has 0 fully saturated rings. The van der Waals surface area contributed by atoms with E-state index >= 15 is 0 Å². The van der Waals surface area contributed by atoms with Crippen molar-refractivity contribution in [3.63, 3.8) is 0 Å². The molecule has 1 N–H and O–H groups in total. The highest BCUT2D eigenvalue weighted by Crippen LogP contribution is 2.32. The second-order valence-corrected chi connectivity index (χ2v) is 7.04. The van der Waals surface area contributed by atoms with Crippen molar-refractivity contribution < 1.29 is 4.79 Å². The number of nitrogens with zero attached hydrogens (tertiary/aromatic N) is 2. The van der Waals surface area contributed by atoms with E-state index in [0.717, 1.165) is 22.5 Å². The van der Waals surface area contributed by atoms with Crippen LogP contribution in [0.4, 0.5) is 10.5 Å². The number of hydrogen-bond donors (Lipinski definition) is 1. The molecule has 0 aliphatic carbocycles. The molecular formula is C21H20ClN3O. The van der Waals surface area contributed by atoms with E-state index in [1.165, 1.54) is 0 Å². The van der Waals surface area contributed by atoms with Crippen molar-refractivity contribution in [3.8, 4) is 5.69 Å². The lowest BCUT2D eigenvalue weighted by Crippen LogP contribution is -2.36. The van der Waals surface area contributed by atoms with Crippen molar-refractivity contribution in [2.45, 2.75) is 26.4 Å². The van der Waals surface area contributed by atoms with Crippen LogP contribution in [0.15, 0.2) is 60.8 Å². The highest BCUT2D eigenvalue weighted by Gasteiger charge is 2.28. The molecule has 1 atom stereocenters. The third-order valence-electron chi connectivity index (χ3n) is 4.95. The van der Waals surface area contributed by atoms with Gasteiger partial charge in [0.2, 0.25) is 0 Å². The van der Waals surface area contributed by atoms with Gasteiger partial charge in [0.25, 0.3) is 0 Å². The zero-order valence-electron chi connectivity index (χ0n) is 14.7. The number of aromatic nitrogens is 1.